The van der Waals surface area contributed by atoms with Crippen LogP contribution in [0.5, 0.6) is 0 Å². The fraction of sp³-hybridized carbons (Fsp3) is 0.612. The Labute approximate surface area is 477 Å². The van der Waals surface area contributed by atoms with Gasteiger partial charge in [-0.2, -0.15) is 0 Å². The van der Waals surface area contributed by atoms with E-state index >= 15 is 0 Å². The Morgan fingerprint density at radius 1 is 0.430 bits per heavy atom. The first-order valence-electron chi connectivity index (χ1n) is 30.2. The highest BCUT2D eigenvalue weighted by atomic mass is 16.7. The van der Waals surface area contributed by atoms with E-state index in [0.29, 0.717) is 32.1 Å². The lowest BCUT2D eigenvalue weighted by atomic mass is 9.98. The van der Waals surface area contributed by atoms with Crippen molar-refractivity contribution >= 4 is 23.9 Å². The van der Waals surface area contributed by atoms with Gasteiger partial charge in [-0.1, -0.05) is 206 Å². The maximum Gasteiger partial charge on any atom is 0.335 e. The number of carbonyl (C=O) groups excluding carboxylic acids is 3. The molecule has 0 aliphatic carbocycles. The van der Waals surface area contributed by atoms with Gasteiger partial charge in [0, 0.05) is 19.3 Å². The number of allylic oxidation sites excluding steroid dienone is 22. The molecule has 1 saturated heterocycles. The molecule has 1 aliphatic heterocycles. The Bertz CT molecular complexity index is 1880. The zero-order chi connectivity index (χ0) is 57.5. The van der Waals surface area contributed by atoms with Crippen molar-refractivity contribution in [2.45, 2.75) is 250 Å². The Morgan fingerprint density at radius 3 is 1.27 bits per heavy atom. The van der Waals surface area contributed by atoms with Crippen molar-refractivity contribution in [3.63, 3.8) is 0 Å². The Kier molecular flexibility index (Phi) is 48.7. The second-order valence-electron chi connectivity index (χ2n) is 19.9. The van der Waals surface area contributed by atoms with Gasteiger partial charge in [0.25, 0.3) is 0 Å². The van der Waals surface area contributed by atoms with Crippen molar-refractivity contribution in [3.8, 4) is 0 Å². The third-order valence-corrected chi connectivity index (χ3v) is 12.7. The van der Waals surface area contributed by atoms with E-state index in [1.807, 2.05) is 18.2 Å². The van der Waals surface area contributed by atoms with Crippen LogP contribution in [0.25, 0.3) is 0 Å². The summed E-state index contributed by atoms with van der Waals surface area (Å²) in [4.78, 5) is 51.2. The average molecular weight is 1100 g/mol. The van der Waals surface area contributed by atoms with E-state index in [2.05, 4.69) is 136 Å². The van der Waals surface area contributed by atoms with Crippen LogP contribution in [-0.4, -0.2) is 89.2 Å². The minimum Gasteiger partial charge on any atom is -0.479 e. The van der Waals surface area contributed by atoms with Gasteiger partial charge in [-0.15, -0.1) is 0 Å². The van der Waals surface area contributed by atoms with Crippen molar-refractivity contribution in [2.24, 2.45) is 0 Å². The summed E-state index contributed by atoms with van der Waals surface area (Å²) in [5.41, 5.74) is 0. The molecule has 79 heavy (non-hydrogen) atoms. The zero-order valence-electron chi connectivity index (χ0n) is 48.8. The van der Waals surface area contributed by atoms with Gasteiger partial charge in [0.05, 0.1) is 6.61 Å². The quantitative estimate of drug-likeness (QED) is 0.0228. The van der Waals surface area contributed by atoms with E-state index in [1.54, 1.807) is 0 Å². The van der Waals surface area contributed by atoms with Gasteiger partial charge in [-0.05, 0) is 122 Å². The lowest BCUT2D eigenvalue weighted by Crippen LogP contribution is -2.61. The zero-order valence-corrected chi connectivity index (χ0v) is 48.8. The van der Waals surface area contributed by atoms with Gasteiger partial charge in [0.2, 0.25) is 0 Å². The molecule has 1 heterocycles. The van der Waals surface area contributed by atoms with Crippen LogP contribution >= 0.6 is 0 Å². The van der Waals surface area contributed by atoms with Crippen molar-refractivity contribution in [3.05, 3.63) is 134 Å². The molecule has 1 fully saturated rings. The molecule has 12 heteroatoms. The highest BCUT2D eigenvalue weighted by molar-refractivity contribution is 5.74. The molecule has 0 bridgehead atoms. The fourth-order valence-corrected chi connectivity index (χ4v) is 8.14. The van der Waals surface area contributed by atoms with Crippen LogP contribution in [0.3, 0.4) is 0 Å². The number of carboxylic acids is 1. The molecule has 1 rings (SSSR count). The second-order valence-corrected chi connectivity index (χ2v) is 19.9. The SMILES string of the molecule is CC/C=C\C/C=C\C/C=C\C/C=C\C/C=C\CCCC(=O)OCC(COC1OC(C(=O)O)C(O)C(O)C1OC(=O)CCCCCCC/C=C\CCCCCCCC)OC(=O)CCC/C=C\C/C=C\C/C=C\C/C=C\C/C=C\CC. The summed E-state index contributed by atoms with van der Waals surface area (Å²) in [6.07, 6.45) is 62.9. The molecule has 0 spiro atoms. The van der Waals surface area contributed by atoms with Crippen LogP contribution in [-0.2, 0) is 42.9 Å². The van der Waals surface area contributed by atoms with Gasteiger partial charge in [-0.25, -0.2) is 4.79 Å². The van der Waals surface area contributed by atoms with Gasteiger partial charge in [0.15, 0.2) is 24.6 Å². The molecule has 6 unspecified atom stereocenters. The molecular weight excluding hydrogens is 997 g/mol. The number of hydrogen-bond donors (Lipinski definition) is 3. The number of ether oxygens (including phenoxy) is 5. The summed E-state index contributed by atoms with van der Waals surface area (Å²) in [7, 11) is 0. The minimum absolute atomic E-state index is 0.0312. The predicted molar refractivity (Wildman–Crippen MR) is 321 cm³/mol. The Balaban J connectivity index is 2.78. The third-order valence-electron chi connectivity index (χ3n) is 12.7. The summed E-state index contributed by atoms with van der Waals surface area (Å²) in [6.45, 7) is 5.65. The summed E-state index contributed by atoms with van der Waals surface area (Å²) in [5, 5.41) is 31.5. The number of carbonyl (C=O) groups is 4. The van der Waals surface area contributed by atoms with E-state index in [-0.39, 0.29) is 25.9 Å². The maximum absolute atomic E-state index is 13.1. The molecule has 444 valence electrons. The van der Waals surface area contributed by atoms with E-state index in [4.69, 9.17) is 23.7 Å². The van der Waals surface area contributed by atoms with E-state index in [9.17, 15) is 34.5 Å². The summed E-state index contributed by atoms with van der Waals surface area (Å²) in [5.74, 6) is -3.31. The van der Waals surface area contributed by atoms with Gasteiger partial charge < -0.3 is 39.0 Å². The molecule has 0 aromatic heterocycles. The molecular formula is C67H104O12. The molecule has 0 aromatic carbocycles. The largest absolute Gasteiger partial charge is 0.479 e. The minimum atomic E-state index is -1.93. The average Bonchev–Trinajstić information content (AvgIpc) is 3.46. The first-order chi connectivity index (χ1) is 38.6. The second kappa shape index (κ2) is 53.5. The number of rotatable bonds is 49. The van der Waals surface area contributed by atoms with Gasteiger partial charge >= 0.3 is 23.9 Å². The molecule has 1 aliphatic rings. The highest BCUT2D eigenvalue weighted by Crippen LogP contribution is 2.26. The van der Waals surface area contributed by atoms with Gasteiger partial charge in [-0.3, -0.25) is 14.4 Å². The number of carboxylic acid groups (broad SMARTS) is 1. The summed E-state index contributed by atoms with van der Waals surface area (Å²) in [6, 6.07) is 0. The smallest absolute Gasteiger partial charge is 0.335 e. The number of aliphatic hydroxyl groups excluding tert-OH is 2. The molecule has 0 radical (unpaired) electrons. The first-order valence-corrected chi connectivity index (χ1v) is 30.2. The van der Waals surface area contributed by atoms with Crippen molar-refractivity contribution in [1.82, 2.24) is 0 Å². The number of esters is 3. The molecule has 12 nitrogen and oxygen atoms in total. The number of unbranched alkanes of at least 4 members (excludes halogenated alkanes) is 13. The number of hydrogen-bond acceptors (Lipinski definition) is 11. The fourth-order valence-electron chi connectivity index (χ4n) is 8.14. The van der Waals surface area contributed by atoms with Crippen LogP contribution in [0, 0.1) is 0 Å². The molecule has 0 amide bonds. The van der Waals surface area contributed by atoms with Crippen molar-refractivity contribution < 1.29 is 58.2 Å². The molecule has 3 N–H and O–H groups in total. The number of aliphatic hydroxyl groups is 2. The van der Waals surface area contributed by atoms with E-state index in [0.717, 1.165) is 103 Å². The lowest BCUT2D eigenvalue weighted by Gasteiger charge is -2.40. The van der Waals surface area contributed by atoms with Crippen LogP contribution in [0.4, 0.5) is 0 Å². The Morgan fingerprint density at radius 2 is 0.810 bits per heavy atom. The first kappa shape index (κ1) is 71.9. The topological polar surface area (TPSA) is 175 Å². The number of aliphatic carboxylic acids is 1. The summed E-state index contributed by atoms with van der Waals surface area (Å²) >= 11 is 0. The maximum atomic E-state index is 13.1. The molecule has 0 aromatic rings. The van der Waals surface area contributed by atoms with Crippen LogP contribution in [0.15, 0.2) is 134 Å². The Hall–Kier alpha value is -5.14. The molecule has 6 atom stereocenters. The predicted octanol–water partition coefficient (Wildman–Crippen LogP) is 15.8. The normalized spacial score (nSPS) is 18.8. The summed E-state index contributed by atoms with van der Waals surface area (Å²) < 4.78 is 28.3. The van der Waals surface area contributed by atoms with Crippen molar-refractivity contribution in [2.75, 3.05) is 13.2 Å². The van der Waals surface area contributed by atoms with Crippen LogP contribution in [0.1, 0.15) is 213 Å². The van der Waals surface area contributed by atoms with E-state index in [1.165, 1.54) is 38.5 Å². The third kappa shape index (κ3) is 43.4. The molecule has 0 saturated carbocycles. The van der Waals surface area contributed by atoms with E-state index < -0.39 is 67.3 Å². The standard InChI is InChI=1S/C67H104O12/c1-4-7-10-13-16-19-22-25-28-30-33-35-38-41-44-47-50-53-59(68)75-56-58(77-60(69)54-51-48-45-42-39-37-34-31-29-26-23-20-17-14-11-8-5-2)57-76-67-65(63(72)62(71)64(79-67)66(73)74)78-61(70)55-52-49-46-43-40-36-32-27-24-21-18-15-12-9-6-3/h7-8,10-11,16-17,19-20,25-29,32-35,37,41-42,44-45,58,62-65,67,71-72H,4-6,9,12-15,18,21-24,30-31,36,38-40,43,46-57H2,1-3H3,(H,73,74)/b10-7-,11-8-,19-16-,20-17-,28-25-,29-26-,32-27-,35-33-,37-34-,44-41-,45-42-. The van der Waals surface area contributed by atoms with Crippen molar-refractivity contribution in [1.29, 1.82) is 0 Å². The van der Waals surface area contributed by atoms with Crippen LogP contribution < -0.4 is 0 Å². The monoisotopic (exact) mass is 1100 g/mol. The lowest BCUT2D eigenvalue weighted by molar-refractivity contribution is -0.301. The van der Waals surface area contributed by atoms with Crippen LogP contribution in [0.2, 0.25) is 0 Å². The van der Waals surface area contributed by atoms with Gasteiger partial charge in [0.1, 0.15) is 18.8 Å². The highest BCUT2D eigenvalue weighted by Gasteiger charge is 2.50.